The van der Waals surface area contributed by atoms with Gasteiger partial charge >= 0.3 is 6.18 Å². The summed E-state index contributed by atoms with van der Waals surface area (Å²) in [6.45, 7) is 11.2. The number of benzene rings is 1. The van der Waals surface area contributed by atoms with Crippen LogP contribution >= 0.6 is 0 Å². The van der Waals surface area contributed by atoms with Gasteiger partial charge in [-0.2, -0.15) is 13.2 Å². The van der Waals surface area contributed by atoms with Gasteiger partial charge in [-0.3, -0.25) is 4.79 Å². The third-order valence-corrected chi connectivity index (χ3v) is 8.75. The molecule has 4 nitrogen and oxygen atoms in total. The van der Waals surface area contributed by atoms with Gasteiger partial charge in [0.2, 0.25) is 5.91 Å². The van der Waals surface area contributed by atoms with Crippen LogP contribution in [0.4, 0.5) is 13.2 Å². The quantitative estimate of drug-likeness (QED) is 0.801. The van der Waals surface area contributed by atoms with Crippen LogP contribution in [0.2, 0.25) is 18.1 Å². The maximum atomic E-state index is 13.4. The van der Waals surface area contributed by atoms with E-state index in [1.807, 2.05) is 33.9 Å². The van der Waals surface area contributed by atoms with Crippen LogP contribution in [0, 0.1) is 6.92 Å². The zero-order valence-corrected chi connectivity index (χ0v) is 16.0. The summed E-state index contributed by atoms with van der Waals surface area (Å²) >= 11 is 0. The van der Waals surface area contributed by atoms with E-state index in [1.54, 1.807) is 0 Å². The smallest absolute Gasteiger partial charge is 0.420 e. The predicted molar refractivity (Wildman–Crippen MR) is 89.1 cm³/mol. The van der Waals surface area contributed by atoms with Gasteiger partial charge in [-0.15, -0.1) is 0 Å². The second-order valence-corrected chi connectivity index (χ2v) is 11.9. The van der Waals surface area contributed by atoms with Crippen LogP contribution in [0.15, 0.2) is 6.07 Å². The fraction of sp³-hybridized carbons (Fsp3) is 0.562. The van der Waals surface area contributed by atoms with Crippen molar-refractivity contribution in [2.45, 2.75) is 52.0 Å². The van der Waals surface area contributed by atoms with Crippen LogP contribution in [-0.4, -0.2) is 21.3 Å². The molecule has 0 unspecified atom stereocenters. The lowest BCUT2D eigenvalue weighted by Gasteiger charge is -2.37. The van der Waals surface area contributed by atoms with Crippen molar-refractivity contribution >= 4 is 14.2 Å². The standard InChI is InChI=1S/C16H24F3NO3Si/c1-9-10(14(20)21)8-11(16(17,18)19)13(22-5)12(9)23-24(6,7)15(2,3)4/h8H,1-7H3,(H2,20,21). The van der Waals surface area contributed by atoms with E-state index in [-0.39, 0.29) is 21.9 Å². The van der Waals surface area contributed by atoms with Gasteiger partial charge in [0.1, 0.15) is 5.56 Å². The first-order valence-electron chi connectivity index (χ1n) is 7.41. The van der Waals surface area contributed by atoms with E-state index in [9.17, 15) is 18.0 Å². The highest BCUT2D eigenvalue weighted by Crippen LogP contribution is 2.47. The van der Waals surface area contributed by atoms with E-state index in [0.717, 1.165) is 13.2 Å². The average Bonchev–Trinajstić information content (AvgIpc) is 2.37. The largest absolute Gasteiger partial charge is 0.541 e. The normalized spacial score (nSPS) is 12.9. The first-order valence-corrected chi connectivity index (χ1v) is 10.3. The summed E-state index contributed by atoms with van der Waals surface area (Å²) in [5.41, 5.74) is 4.20. The van der Waals surface area contributed by atoms with E-state index in [0.29, 0.717) is 0 Å². The SMILES string of the molecule is COc1c(C(F)(F)F)cc(C(N)=O)c(C)c1O[Si](C)(C)C(C)(C)C. The molecule has 1 rings (SSSR count). The molecule has 0 aliphatic carbocycles. The molecule has 0 aliphatic heterocycles. The van der Waals surface area contributed by atoms with E-state index < -0.39 is 31.7 Å². The predicted octanol–water partition coefficient (Wildman–Crippen LogP) is 4.51. The molecule has 2 N–H and O–H groups in total. The minimum absolute atomic E-state index is 0.0623. The average molecular weight is 363 g/mol. The number of hydrogen-bond acceptors (Lipinski definition) is 3. The molecule has 1 aromatic rings. The number of carbonyl (C=O) groups excluding carboxylic acids is 1. The highest BCUT2D eigenvalue weighted by molar-refractivity contribution is 6.74. The summed E-state index contributed by atoms with van der Waals surface area (Å²) < 4.78 is 51.2. The Labute approximate surface area is 141 Å². The first-order chi connectivity index (χ1) is 10.6. The van der Waals surface area contributed by atoms with Gasteiger partial charge in [-0.25, -0.2) is 0 Å². The number of amides is 1. The number of primary amides is 1. The summed E-state index contributed by atoms with van der Waals surface area (Å²) in [6, 6.07) is 0.717. The van der Waals surface area contributed by atoms with Gasteiger partial charge < -0.3 is 14.9 Å². The monoisotopic (exact) mass is 363 g/mol. The molecular formula is C16H24F3NO3Si. The topological polar surface area (TPSA) is 61.5 Å². The Balaban J connectivity index is 3.75. The number of rotatable bonds is 4. The summed E-state index contributed by atoms with van der Waals surface area (Å²) in [7, 11) is -1.32. The lowest BCUT2D eigenvalue weighted by molar-refractivity contribution is -0.138. The second-order valence-electron chi connectivity index (χ2n) is 7.18. The fourth-order valence-corrected chi connectivity index (χ4v) is 3.00. The molecule has 1 aromatic carbocycles. The van der Waals surface area contributed by atoms with E-state index in [1.165, 1.54) is 6.92 Å². The Kier molecular flexibility index (Phi) is 5.35. The molecule has 0 radical (unpaired) electrons. The lowest BCUT2D eigenvalue weighted by atomic mass is 10.0. The van der Waals surface area contributed by atoms with Gasteiger partial charge in [0.05, 0.1) is 7.11 Å². The first kappa shape index (κ1) is 20.3. The maximum Gasteiger partial charge on any atom is 0.420 e. The van der Waals surface area contributed by atoms with E-state index >= 15 is 0 Å². The Hall–Kier alpha value is -1.70. The van der Waals surface area contributed by atoms with Crippen molar-refractivity contribution in [2.24, 2.45) is 5.73 Å². The van der Waals surface area contributed by atoms with Crippen molar-refractivity contribution in [2.75, 3.05) is 7.11 Å². The van der Waals surface area contributed by atoms with Crippen LogP contribution < -0.4 is 14.9 Å². The van der Waals surface area contributed by atoms with Gasteiger partial charge in [-0.1, -0.05) is 20.8 Å². The van der Waals surface area contributed by atoms with Gasteiger partial charge in [0.25, 0.3) is 8.32 Å². The van der Waals surface area contributed by atoms with E-state index in [2.05, 4.69) is 0 Å². The maximum absolute atomic E-state index is 13.4. The summed E-state index contributed by atoms with van der Waals surface area (Å²) in [6.07, 6.45) is -4.70. The number of hydrogen-bond donors (Lipinski definition) is 1. The lowest BCUT2D eigenvalue weighted by Crippen LogP contribution is -2.44. The third kappa shape index (κ3) is 3.85. The van der Waals surface area contributed by atoms with Crippen LogP contribution in [0.25, 0.3) is 0 Å². The molecule has 8 heteroatoms. The molecule has 24 heavy (non-hydrogen) atoms. The molecule has 0 saturated carbocycles. The third-order valence-electron chi connectivity index (χ3n) is 4.42. The summed E-state index contributed by atoms with van der Waals surface area (Å²) in [4.78, 5) is 11.6. The Bertz CT molecular complexity index is 649. The highest BCUT2D eigenvalue weighted by atomic mass is 28.4. The second kappa shape index (κ2) is 6.31. The van der Waals surface area contributed by atoms with Crippen molar-refractivity contribution in [1.29, 1.82) is 0 Å². The highest BCUT2D eigenvalue weighted by Gasteiger charge is 2.43. The summed E-state index contributed by atoms with van der Waals surface area (Å²) in [5.74, 6) is -1.43. The van der Waals surface area contributed by atoms with Crippen molar-refractivity contribution in [3.8, 4) is 11.5 Å². The fourth-order valence-electron chi connectivity index (χ4n) is 1.93. The van der Waals surface area contributed by atoms with Crippen molar-refractivity contribution in [1.82, 2.24) is 0 Å². The van der Waals surface area contributed by atoms with Gasteiger partial charge in [-0.05, 0) is 31.1 Å². The zero-order valence-electron chi connectivity index (χ0n) is 15.0. The van der Waals surface area contributed by atoms with Crippen molar-refractivity contribution < 1.29 is 27.1 Å². The molecule has 0 aromatic heterocycles. The van der Waals surface area contributed by atoms with Crippen LogP contribution in [-0.2, 0) is 6.18 Å². The number of ether oxygens (including phenoxy) is 1. The van der Waals surface area contributed by atoms with Crippen LogP contribution in [0.3, 0.4) is 0 Å². The van der Waals surface area contributed by atoms with Crippen molar-refractivity contribution in [3.05, 3.63) is 22.8 Å². The minimum Gasteiger partial charge on any atom is -0.541 e. The molecule has 136 valence electrons. The van der Waals surface area contributed by atoms with E-state index in [4.69, 9.17) is 14.9 Å². The molecule has 1 amide bonds. The number of carbonyl (C=O) groups is 1. The zero-order chi connectivity index (χ0) is 19.1. The molecule has 0 atom stereocenters. The molecule has 0 heterocycles. The molecule has 0 fully saturated rings. The molecular weight excluding hydrogens is 339 g/mol. The van der Waals surface area contributed by atoms with Crippen LogP contribution in [0.1, 0.15) is 42.3 Å². The van der Waals surface area contributed by atoms with Gasteiger partial charge in [0, 0.05) is 11.1 Å². The minimum atomic E-state index is -4.70. The van der Waals surface area contributed by atoms with Crippen LogP contribution in [0.5, 0.6) is 11.5 Å². The van der Waals surface area contributed by atoms with Gasteiger partial charge in [0.15, 0.2) is 11.5 Å². The summed E-state index contributed by atoms with van der Waals surface area (Å²) in [5, 5.41) is -0.244. The molecule has 0 saturated heterocycles. The molecule has 0 aliphatic rings. The number of methoxy groups -OCH3 is 1. The van der Waals surface area contributed by atoms with Crippen molar-refractivity contribution in [3.63, 3.8) is 0 Å². The molecule has 0 bridgehead atoms. The number of halogens is 3. The Morgan fingerprint density at radius 2 is 1.67 bits per heavy atom. The Morgan fingerprint density at radius 1 is 1.17 bits per heavy atom. The Morgan fingerprint density at radius 3 is 2.00 bits per heavy atom. The number of alkyl halides is 3. The molecule has 0 spiro atoms. The number of nitrogens with two attached hydrogens (primary N) is 1.